The van der Waals surface area contributed by atoms with Crippen molar-refractivity contribution in [2.75, 3.05) is 6.54 Å². The molecule has 0 aromatic carbocycles. The van der Waals surface area contributed by atoms with Crippen molar-refractivity contribution < 1.29 is 0 Å². The van der Waals surface area contributed by atoms with Gasteiger partial charge in [0.15, 0.2) is 0 Å². The van der Waals surface area contributed by atoms with E-state index in [9.17, 15) is 0 Å². The molecule has 0 saturated carbocycles. The van der Waals surface area contributed by atoms with Crippen molar-refractivity contribution in [3.05, 3.63) is 0 Å². The summed E-state index contributed by atoms with van der Waals surface area (Å²) < 4.78 is 0. The first-order valence-corrected chi connectivity index (χ1v) is 2.72. The van der Waals surface area contributed by atoms with Gasteiger partial charge in [-0.25, -0.2) is 0 Å². The molecule has 0 aliphatic carbocycles. The van der Waals surface area contributed by atoms with Gasteiger partial charge in [-0.05, 0) is 25.3 Å². The molecule has 0 aromatic heterocycles. The topological polar surface area (TPSA) is 38.0 Å². The van der Waals surface area contributed by atoms with Crippen LogP contribution in [0.2, 0.25) is 0 Å². The van der Waals surface area contributed by atoms with E-state index in [1.165, 1.54) is 12.8 Å². The minimum absolute atomic E-state index is 0.500. The maximum Gasteiger partial charge on any atom is 0.221 e. The van der Waals surface area contributed by atoms with E-state index in [2.05, 4.69) is 5.32 Å². The summed E-state index contributed by atoms with van der Waals surface area (Å²) >= 11 is 0. The molecule has 0 bridgehead atoms. The van der Waals surface area contributed by atoms with Gasteiger partial charge < -0.3 is 11.0 Å². The Balaban J connectivity index is 2.14. The van der Waals surface area contributed by atoms with E-state index < -0.39 is 0 Å². The number of hydrogen-bond acceptors (Lipinski definition) is 2. The van der Waals surface area contributed by atoms with E-state index in [0.717, 1.165) is 6.54 Å². The van der Waals surface area contributed by atoms with E-state index in [0.29, 0.717) is 5.94 Å². The van der Waals surface area contributed by atoms with Crippen LogP contribution in [0.15, 0.2) is 0 Å². The Morgan fingerprint density at radius 3 is 2.86 bits per heavy atom. The molecule has 0 spiro atoms. The fourth-order valence-electron chi connectivity index (χ4n) is 0.876. The smallest absolute Gasteiger partial charge is 0.221 e. The third kappa shape index (κ3) is 1.18. The number of nitrogens with two attached hydrogens (primary N) is 1. The Morgan fingerprint density at radius 1 is 1.71 bits per heavy atom. The van der Waals surface area contributed by atoms with Crippen LogP contribution in [0, 0.1) is 0 Å². The standard InChI is InChI=1S/C4H10BN2/c6-5-4-2-1-3-7-4/h4,7H,1-3,6H2. The second-order valence-electron chi connectivity index (χ2n) is 1.90. The van der Waals surface area contributed by atoms with Gasteiger partial charge in [-0.2, -0.15) is 0 Å². The summed E-state index contributed by atoms with van der Waals surface area (Å²) in [6.07, 6.45) is 2.49. The van der Waals surface area contributed by atoms with Gasteiger partial charge in [0.05, 0.1) is 0 Å². The maximum atomic E-state index is 5.25. The zero-order chi connectivity index (χ0) is 5.11. The number of hydrogen-bond donors (Lipinski definition) is 2. The van der Waals surface area contributed by atoms with Crippen molar-refractivity contribution >= 4 is 7.41 Å². The van der Waals surface area contributed by atoms with Gasteiger partial charge in [-0.1, -0.05) is 0 Å². The first kappa shape index (κ1) is 5.13. The molecule has 1 saturated heterocycles. The van der Waals surface area contributed by atoms with Crippen molar-refractivity contribution in [1.29, 1.82) is 0 Å². The van der Waals surface area contributed by atoms with E-state index in [4.69, 9.17) is 5.64 Å². The predicted molar refractivity (Wildman–Crippen MR) is 31.0 cm³/mol. The van der Waals surface area contributed by atoms with Crippen LogP contribution in [0.5, 0.6) is 0 Å². The van der Waals surface area contributed by atoms with E-state index in [1.807, 2.05) is 0 Å². The number of nitrogens with one attached hydrogen (secondary N) is 1. The summed E-state index contributed by atoms with van der Waals surface area (Å²) in [6, 6.07) is 0. The third-order valence-corrected chi connectivity index (χ3v) is 1.33. The van der Waals surface area contributed by atoms with Gasteiger partial charge in [0.2, 0.25) is 7.41 Å². The lowest BCUT2D eigenvalue weighted by atomic mass is 9.83. The fraction of sp³-hybridized carbons (Fsp3) is 1.00. The molecule has 1 atom stereocenters. The van der Waals surface area contributed by atoms with Gasteiger partial charge >= 0.3 is 0 Å². The van der Waals surface area contributed by atoms with Crippen LogP contribution >= 0.6 is 0 Å². The molecule has 1 unspecified atom stereocenters. The second kappa shape index (κ2) is 2.33. The summed E-state index contributed by atoms with van der Waals surface area (Å²) in [5, 5.41) is 3.23. The van der Waals surface area contributed by atoms with Gasteiger partial charge in [0.25, 0.3) is 0 Å². The van der Waals surface area contributed by atoms with Crippen molar-refractivity contribution in [2.24, 2.45) is 5.64 Å². The molecule has 1 fully saturated rings. The summed E-state index contributed by atoms with van der Waals surface area (Å²) in [5.74, 6) is 0.500. The first-order valence-electron chi connectivity index (χ1n) is 2.72. The Hall–Kier alpha value is -0.0151. The number of rotatable bonds is 1. The Kier molecular flexibility index (Phi) is 1.71. The Morgan fingerprint density at radius 2 is 2.57 bits per heavy atom. The second-order valence-corrected chi connectivity index (χ2v) is 1.90. The fourth-order valence-corrected chi connectivity index (χ4v) is 0.876. The molecule has 1 aliphatic rings. The molecule has 3 N–H and O–H groups in total. The Bertz CT molecular complexity index is 51.7. The summed E-state index contributed by atoms with van der Waals surface area (Å²) in [5.41, 5.74) is 5.25. The van der Waals surface area contributed by atoms with Crippen molar-refractivity contribution in [3.8, 4) is 0 Å². The van der Waals surface area contributed by atoms with Crippen molar-refractivity contribution in [3.63, 3.8) is 0 Å². The molecular formula is C4H10BN2. The largest absolute Gasteiger partial charge is 0.373 e. The summed E-state index contributed by atoms with van der Waals surface area (Å²) in [4.78, 5) is 0. The molecule has 3 heteroatoms. The van der Waals surface area contributed by atoms with Crippen molar-refractivity contribution in [1.82, 2.24) is 5.32 Å². The van der Waals surface area contributed by atoms with E-state index in [1.54, 1.807) is 7.41 Å². The molecule has 1 radical (unpaired) electrons. The minimum Gasteiger partial charge on any atom is -0.373 e. The van der Waals surface area contributed by atoms with Crippen LogP contribution in [-0.2, 0) is 0 Å². The van der Waals surface area contributed by atoms with Crippen LogP contribution < -0.4 is 11.0 Å². The van der Waals surface area contributed by atoms with Gasteiger partial charge in [-0.15, -0.1) is 0 Å². The highest BCUT2D eigenvalue weighted by Gasteiger charge is 2.11. The highest BCUT2D eigenvalue weighted by Crippen LogP contribution is 2.00. The van der Waals surface area contributed by atoms with Crippen molar-refractivity contribution in [2.45, 2.75) is 18.8 Å². The van der Waals surface area contributed by atoms with Gasteiger partial charge in [-0.3, -0.25) is 0 Å². The van der Waals surface area contributed by atoms with Crippen LogP contribution in [0.1, 0.15) is 12.8 Å². The molecule has 1 heterocycles. The molecule has 1 aliphatic heterocycles. The molecule has 0 aromatic rings. The maximum absolute atomic E-state index is 5.25. The van der Waals surface area contributed by atoms with Crippen LogP contribution in [0.3, 0.4) is 0 Å². The van der Waals surface area contributed by atoms with Gasteiger partial charge in [0, 0.05) is 0 Å². The molecule has 39 valence electrons. The average molecular weight is 97.0 g/mol. The molecule has 7 heavy (non-hydrogen) atoms. The highest BCUT2D eigenvalue weighted by atomic mass is 14.9. The van der Waals surface area contributed by atoms with Crippen LogP contribution in [-0.4, -0.2) is 19.9 Å². The quantitative estimate of drug-likeness (QED) is 0.423. The third-order valence-electron chi connectivity index (χ3n) is 1.33. The zero-order valence-corrected chi connectivity index (χ0v) is 4.35. The summed E-state index contributed by atoms with van der Waals surface area (Å²) in [7, 11) is 1.73. The SMILES string of the molecule is N[B]C1CCCN1. The van der Waals surface area contributed by atoms with E-state index in [-0.39, 0.29) is 0 Å². The lowest BCUT2D eigenvalue weighted by Gasteiger charge is -2.00. The average Bonchev–Trinajstić information content (AvgIpc) is 2.14. The van der Waals surface area contributed by atoms with Gasteiger partial charge in [0.1, 0.15) is 0 Å². The monoisotopic (exact) mass is 97.1 g/mol. The molecule has 2 nitrogen and oxygen atoms in total. The lowest BCUT2D eigenvalue weighted by Crippen LogP contribution is -2.33. The normalized spacial score (nSPS) is 30.7. The van der Waals surface area contributed by atoms with Crippen LogP contribution in [0.4, 0.5) is 0 Å². The Labute approximate surface area is 44.7 Å². The minimum atomic E-state index is 0.500. The molecule has 0 amide bonds. The highest BCUT2D eigenvalue weighted by molar-refractivity contribution is 6.33. The van der Waals surface area contributed by atoms with E-state index >= 15 is 0 Å². The predicted octanol–water partition coefficient (Wildman–Crippen LogP) is -0.726. The first-order chi connectivity index (χ1) is 3.43. The van der Waals surface area contributed by atoms with Crippen LogP contribution in [0.25, 0.3) is 0 Å². The molecular weight excluding hydrogens is 86.9 g/mol. The summed E-state index contributed by atoms with van der Waals surface area (Å²) in [6.45, 7) is 1.14. The molecule has 1 rings (SSSR count). The zero-order valence-electron chi connectivity index (χ0n) is 4.35. The lowest BCUT2D eigenvalue weighted by molar-refractivity contribution is 0.784.